The minimum absolute atomic E-state index is 0.0995. The molecular formula is C14H28N2O. The van der Waals surface area contributed by atoms with Crippen molar-refractivity contribution in [3.05, 3.63) is 0 Å². The minimum atomic E-state index is -0.0995. The predicted molar refractivity (Wildman–Crippen MR) is 71.9 cm³/mol. The fourth-order valence-electron chi connectivity index (χ4n) is 2.78. The van der Waals surface area contributed by atoms with Gasteiger partial charge in [-0.2, -0.15) is 0 Å². The van der Waals surface area contributed by atoms with E-state index in [1.54, 1.807) is 0 Å². The number of amides is 1. The summed E-state index contributed by atoms with van der Waals surface area (Å²) in [6, 6.07) is 0.254. The van der Waals surface area contributed by atoms with E-state index in [-0.39, 0.29) is 17.4 Å². The average Bonchev–Trinajstić information content (AvgIpc) is 2.27. The molecule has 0 radical (unpaired) electrons. The summed E-state index contributed by atoms with van der Waals surface area (Å²) in [4.78, 5) is 11.9. The van der Waals surface area contributed by atoms with Crippen LogP contribution in [0.15, 0.2) is 0 Å². The van der Waals surface area contributed by atoms with Gasteiger partial charge in [-0.05, 0) is 38.1 Å². The van der Waals surface area contributed by atoms with E-state index in [0.29, 0.717) is 12.0 Å². The number of nitrogens with one attached hydrogen (secondary N) is 2. The first kappa shape index (κ1) is 14.5. The van der Waals surface area contributed by atoms with E-state index < -0.39 is 0 Å². The normalized spacial score (nSPS) is 27.6. The highest BCUT2D eigenvalue weighted by Gasteiger charge is 2.35. The molecular weight excluding hydrogens is 212 g/mol. The van der Waals surface area contributed by atoms with Crippen LogP contribution in [0.1, 0.15) is 53.4 Å². The lowest BCUT2D eigenvalue weighted by Crippen LogP contribution is -2.51. The second-order valence-corrected chi connectivity index (χ2v) is 6.38. The quantitative estimate of drug-likeness (QED) is 0.795. The molecule has 0 spiro atoms. The first-order valence-electron chi connectivity index (χ1n) is 6.84. The summed E-state index contributed by atoms with van der Waals surface area (Å²) >= 11 is 0. The smallest absolute Gasteiger partial charge is 0.237 e. The molecule has 1 rings (SSSR count). The van der Waals surface area contributed by atoms with Crippen molar-refractivity contribution in [1.29, 1.82) is 0 Å². The Bertz CT molecular complexity index is 257. The van der Waals surface area contributed by atoms with Crippen LogP contribution < -0.4 is 10.6 Å². The van der Waals surface area contributed by atoms with Crippen molar-refractivity contribution in [3.8, 4) is 0 Å². The Labute approximate surface area is 106 Å². The monoisotopic (exact) mass is 240 g/mol. The molecule has 2 N–H and O–H groups in total. The van der Waals surface area contributed by atoms with Gasteiger partial charge in [-0.3, -0.25) is 4.79 Å². The average molecular weight is 240 g/mol. The molecule has 0 heterocycles. The highest BCUT2D eigenvalue weighted by Crippen LogP contribution is 2.37. The SMILES string of the molecule is CNC(C)C(=O)NC1CCCCC1C(C)(C)C. The lowest BCUT2D eigenvalue weighted by Gasteiger charge is -2.41. The van der Waals surface area contributed by atoms with Gasteiger partial charge in [-0.25, -0.2) is 0 Å². The number of hydrogen-bond acceptors (Lipinski definition) is 2. The van der Waals surface area contributed by atoms with Crippen LogP contribution in [0.5, 0.6) is 0 Å². The van der Waals surface area contributed by atoms with Crippen LogP contribution >= 0.6 is 0 Å². The van der Waals surface area contributed by atoms with Crippen LogP contribution in [0, 0.1) is 11.3 Å². The zero-order valence-electron chi connectivity index (χ0n) is 12.0. The molecule has 0 bridgehead atoms. The number of carbonyl (C=O) groups excluding carboxylic acids is 1. The van der Waals surface area contributed by atoms with E-state index >= 15 is 0 Å². The van der Waals surface area contributed by atoms with Gasteiger partial charge in [-0.1, -0.05) is 33.6 Å². The third-order valence-electron chi connectivity index (χ3n) is 4.03. The molecule has 1 aliphatic carbocycles. The van der Waals surface area contributed by atoms with Crippen LogP contribution in [-0.4, -0.2) is 25.0 Å². The molecule has 17 heavy (non-hydrogen) atoms. The van der Waals surface area contributed by atoms with Gasteiger partial charge < -0.3 is 10.6 Å². The van der Waals surface area contributed by atoms with Crippen molar-refractivity contribution < 1.29 is 4.79 Å². The number of hydrogen-bond donors (Lipinski definition) is 2. The van der Waals surface area contributed by atoms with Crippen molar-refractivity contribution in [3.63, 3.8) is 0 Å². The number of rotatable bonds is 3. The number of carbonyl (C=O) groups is 1. The Morgan fingerprint density at radius 3 is 2.35 bits per heavy atom. The summed E-state index contributed by atoms with van der Waals surface area (Å²) in [5.74, 6) is 0.734. The van der Waals surface area contributed by atoms with E-state index in [4.69, 9.17) is 0 Å². The molecule has 0 aliphatic heterocycles. The molecule has 1 saturated carbocycles. The summed E-state index contributed by atoms with van der Waals surface area (Å²) in [7, 11) is 1.83. The van der Waals surface area contributed by atoms with Crippen LogP contribution in [0.3, 0.4) is 0 Å². The van der Waals surface area contributed by atoms with Gasteiger partial charge in [0.25, 0.3) is 0 Å². The molecule has 3 nitrogen and oxygen atoms in total. The van der Waals surface area contributed by atoms with Crippen molar-refractivity contribution >= 4 is 5.91 Å². The molecule has 100 valence electrons. The Morgan fingerprint density at radius 1 is 1.24 bits per heavy atom. The largest absolute Gasteiger partial charge is 0.352 e. The summed E-state index contributed by atoms with van der Waals surface area (Å²) in [5.41, 5.74) is 0.279. The molecule has 1 amide bonds. The number of likely N-dealkylation sites (N-methyl/N-ethyl adjacent to an activating group) is 1. The zero-order chi connectivity index (χ0) is 13.1. The van der Waals surface area contributed by atoms with Gasteiger partial charge in [0, 0.05) is 6.04 Å². The second kappa shape index (κ2) is 5.85. The van der Waals surface area contributed by atoms with E-state index in [2.05, 4.69) is 31.4 Å². The lowest BCUT2D eigenvalue weighted by atomic mass is 9.69. The van der Waals surface area contributed by atoms with Crippen molar-refractivity contribution in [1.82, 2.24) is 10.6 Å². The standard InChI is InChI=1S/C14H28N2O/c1-10(15-5)13(17)16-12-9-7-6-8-11(12)14(2,3)4/h10-12,15H,6-9H2,1-5H3,(H,16,17). The van der Waals surface area contributed by atoms with Gasteiger partial charge in [0.2, 0.25) is 5.91 Å². The Hall–Kier alpha value is -0.570. The first-order valence-corrected chi connectivity index (χ1v) is 6.84. The van der Waals surface area contributed by atoms with Crippen molar-refractivity contribution in [2.75, 3.05) is 7.05 Å². The summed E-state index contributed by atoms with van der Waals surface area (Å²) in [6.07, 6.45) is 4.91. The second-order valence-electron chi connectivity index (χ2n) is 6.38. The van der Waals surface area contributed by atoms with Crippen LogP contribution in [0.2, 0.25) is 0 Å². The molecule has 0 aromatic heterocycles. The molecule has 1 fully saturated rings. The zero-order valence-corrected chi connectivity index (χ0v) is 12.0. The Balaban J connectivity index is 2.63. The van der Waals surface area contributed by atoms with Gasteiger partial charge in [0.15, 0.2) is 0 Å². The van der Waals surface area contributed by atoms with Crippen molar-refractivity contribution in [2.24, 2.45) is 11.3 Å². The van der Waals surface area contributed by atoms with E-state index in [9.17, 15) is 4.79 Å². The molecule has 3 unspecified atom stereocenters. The lowest BCUT2D eigenvalue weighted by molar-refractivity contribution is -0.124. The highest BCUT2D eigenvalue weighted by molar-refractivity contribution is 5.81. The molecule has 3 atom stereocenters. The van der Waals surface area contributed by atoms with Crippen LogP contribution in [0.4, 0.5) is 0 Å². The molecule has 0 aromatic carbocycles. The molecule has 0 aromatic rings. The first-order chi connectivity index (χ1) is 7.86. The van der Waals surface area contributed by atoms with Gasteiger partial charge >= 0.3 is 0 Å². The van der Waals surface area contributed by atoms with Gasteiger partial charge in [-0.15, -0.1) is 0 Å². The topological polar surface area (TPSA) is 41.1 Å². The maximum Gasteiger partial charge on any atom is 0.237 e. The van der Waals surface area contributed by atoms with Crippen molar-refractivity contribution in [2.45, 2.75) is 65.5 Å². The van der Waals surface area contributed by atoms with Crippen LogP contribution in [-0.2, 0) is 4.79 Å². The van der Waals surface area contributed by atoms with E-state index in [0.717, 1.165) is 6.42 Å². The fraction of sp³-hybridized carbons (Fsp3) is 0.929. The van der Waals surface area contributed by atoms with Crippen LogP contribution in [0.25, 0.3) is 0 Å². The third-order valence-corrected chi connectivity index (χ3v) is 4.03. The Kier molecular flexibility index (Phi) is 4.99. The highest BCUT2D eigenvalue weighted by atomic mass is 16.2. The molecule has 1 aliphatic rings. The predicted octanol–water partition coefficient (Wildman–Crippen LogP) is 2.32. The summed E-state index contributed by atoms with van der Waals surface area (Å²) < 4.78 is 0. The Morgan fingerprint density at radius 2 is 1.82 bits per heavy atom. The maximum atomic E-state index is 11.9. The molecule has 0 saturated heterocycles. The van der Waals surface area contributed by atoms with E-state index in [1.807, 2.05) is 14.0 Å². The maximum absolute atomic E-state index is 11.9. The summed E-state index contributed by atoms with van der Waals surface area (Å²) in [5, 5.41) is 6.22. The third kappa shape index (κ3) is 3.98. The minimum Gasteiger partial charge on any atom is -0.352 e. The fourth-order valence-corrected chi connectivity index (χ4v) is 2.78. The molecule has 3 heteroatoms. The van der Waals surface area contributed by atoms with E-state index in [1.165, 1.54) is 19.3 Å². The summed E-state index contributed by atoms with van der Waals surface area (Å²) in [6.45, 7) is 8.75. The van der Waals surface area contributed by atoms with Gasteiger partial charge in [0.05, 0.1) is 6.04 Å². The van der Waals surface area contributed by atoms with Gasteiger partial charge in [0.1, 0.15) is 0 Å².